The topological polar surface area (TPSA) is 66.4 Å². The molecule has 5 heteroatoms. The Labute approximate surface area is 115 Å². The molecule has 0 radical (unpaired) electrons. The second-order valence-corrected chi connectivity index (χ2v) is 6.65. The zero-order valence-electron chi connectivity index (χ0n) is 11.8. The van der Waals surface area contributed by atoms with Crippen molar-refractivity contribution >= 4 is 10.0 Å². The molecule has 1 aromatic carbocycles. The average Bonchev–Trinajstić information content (AvgIpc) is 2.36. The predicted octanol–water partition coefficient (Wildman–Crippen LogP) is 2.07. The molecule has 1 rings (SSSR count). The molecule has 0 spiro atoms. The lowest BCUT2D eigenvalue weighted by molar-refractivity contribution is 0.244. The Hall–Kier alpha value is -0.910. The first kappa shape index (κ1) is 16.1. The lowest BCUT2D eigenvalue weighted by Gasteiger charge is -2.23. The van der Waals surface area contributed by atoms with Crippen molar-refractivity contribution in [2.75, 3.05) is 6.61 Å². The molecule has 2 unspecified atom stereocenters. The van der Waals surface area contributed by atoms with Crippen LogP contribution in [0, 0.1) is 12.8 Å². The number of hydrogen-bond acceptors (Lipinski definition) is 3. The van der Waals surface area contributed by atoms with Crippen LogP contribution in [0.3, 0.4) is 0 Å². The smallest absolute Gasteiger partial charge is 0.240 e. The van der Waals surface area contributed by atoms with Gasteiger partial charge in [-0.1, -0.05) is 31.5 Å². The largest absolute Gasteiger partial charge is 0.396 e. The summed E-state index contributed by atoms with van der Waals surface area (Å²) in [7, 11) is -3.48. The fourth-order valence-electron chi connectivity index (χ4n) is 1.99. The van der Waals surface area contributed by atoms with Gasteiger partial charge in [0, 0.05) is 12.6 Å². The van der Waals surface area contributed by atoms with Gasteiger partial charge in [0.2, 0.25) is 10.0 Å². The van der Waals surface area contributed by atoms with Crippen LogP contribution in [0.4, 0.5) is 0 Å². The summed E-state index contributed by atoms with van der Waals surface area (Å²) in [6, 6.07) is 6.64. The van der Waals surface area contributed by atoms with E-state index in [4.69, 9.17) is 5.11 Å². The molecule has 0 amide bonds. The first-order valence-corrected chi connectivity index (χ1v) is 8.09. The van der Waals surface area contributed by atoms with Crippen LogP contribution in [-0.2, 0) is 10.0 Å². The van der Waals surface area contributed by atoms with E-state index in [-0.39, 0.29) is 23.5 Å². The van der Waals surface area contributed by atoms with Crippen LogP contribution < -0.4 is 4.72 Å². The highest BCUT2D eigenvalue weighted by atomic mass is 32.2. The number of aryl methyl sites for hydroxylation is 1. The summed E-state index contributed by atoms with van der Waals surface area (Å²) in [4.78, 5) is 0.285. The average molecular weight is 285 g/mol. The Kier molecular flexibility index (Phi) is 5.97. The van der Waals surface area contributed by atoms with Gasteiger partial charge in [-0.25, -0.2) is 13.1 Å². The second-order valence-electron chi connectivity index (χ2n) is 4.94. The Morgan fingerprint density at radius 1 is 1.26 bits per heavy atom. The molecule has 2 atom stereocenters. The van der Waals surface area contributed by atoms with Crippen LogP contribution in [0.5, 0.6) is 0 Å². The van der Waals surface area contributed by atoms with Gasteiger partial charge in [-0.2, -0.15) is 0 Å². The highest BCUT2D eigenvalue weighted by Crippen LogP contribution is 2.16. The van der Waals surface area contributed by atoms with Crippen molar-refractivity contribution < 1.29 is 13.5 Å². The number of aliphatic hydroxyl groups excluding tert-OH is 1. The molecule has 0 saturated carbocycles. The van der Waals surface area contributed by atoms with Gasteiger partial charge in [0.1, 0.15) is 0 Å². The molecule has 0 fully saturated rings. The van der Waals surface area contributed by atoms with Crippen molar-refractivity contribution in [3.63, 3.8) is 0 Å². The van der Waals surface area contributed by atoms with Crippen molar-refractivity contribution in [1.29, 1.82) is 0 Å². The number of benzene rings is 1. The van der Waals surface area contributed by atoms with Crippen LogP contribution >= 0.6 is 0 Å². The number of nitrogens with one attached hydrogen (secondary N) is 1. The summed E-state index contributed by atoms with van der Waals surface area (Å²) in [6.07, 6.45) is 1.29. The first-order chi connectivity index (χ1) is 8.90. The minimum Gasteiger partial charge on any atom is -0.396 e. The fourth-order valence-corrected chi connectivity index (χ4v) is 3.42. The Morgan fingerprint density at radius 3 is 2.32 bits per heavy atom. The van der Waals surface area contributed by atoms with E-state index >= 15 is 0 Å². The molecule has 0 aliphatic carbocycles. The van der Waals surface area contributed by atoms with E-state index in [0.717, 1.165) is 5.56 Å². The first-order valence-electron chi connectivity index (χ1n) is 6.60. The van der Waals surface area contributed by atoms with E-state index in [1.165, 1.54) is 0 Å². The molecule has 4 nitrogen and oxygen atoms in total. The molecule has 108 valence electrons. The maximum absolute atomic E-state index is 12.2. The lowest BCUT2D eigenvalue weighted by Crippen LogP contribution is -2.39. The zero-order chi connectivity index (χ0) is 14.5. The summed E-state index contributed by atoms with van der Waals surface area (Å²) in [5.74, 6) is 0.107. The third kappa shape index (κ3) is 4.60. The fraction of sp³-hybridized carbons (Fsp3) is 0.571. The molecular weight excluding hydrogens is 262 g/mol. The number of sulfonamides is 1. The summed E-state index contributed by atoms with van der Waals surface area (Å²) in [5, 5.41) is 8.95. The van der Waals surface area contributed by atoms with E-state index in [0.29, 0.717) is 12.8 Å². The van der Waals surface area contributed by atoms with Gasteiger partial charge < -0.3 is 5.11 Å². The summed E-state index contributed by atoms with van der Waals surface area (Å²) in [6.45, 7) is 5.88. The molecule has 19 heavy (non-hydrogen) atoms. The molecule has 0 aromatic heterocycles. The van der Waals surface area contributed by atoms with Crippen molar-refractivity contribution in [3.8, 4) is 0 Å². The molecule has 0 heterocycles. The van der Waals surface area contributed by atoms with Gasteiger partial charge in [0.15, 0.2) is 0 Å². The third-order valence-electron chi connectivity index (χ3n) is 3.35. The highest BCUT2D eigenvalue weighted by Gasteiger charge is 2.22. The van der Waals surface area contributed by atoms with Crippen LogP contribution in [0.2, 0.25) is 0 Å². The molecular formula is C14H23NO3S. The van der Waals surface area contributed by atoms with E-state index in [1.807, 2.05) is 20.8 Å². The molecule has 2 N–H and O–H groups in total. The van der Waals surface area contributed by atoms with Gasteiger partial charge in [-0.15, -0.1) is 0 Å². The minimum atomic E-state index is -3.48. The third-order valence-corrected chi connectivity index (χ3v) is 4.85. The molecule has 0 bridgehead atoms. The van der Waals surface area contributed by atoms with Crippen LogP contribution in [0.1, 0.15) is 32.3 Å². The molecule has 0 aliphatic heterocycles. The van der Waals surface area contributed by atoms with Gasteiger partial charge >= 0.3 is 0 Å². The van der Waals surface area contributed by atoms with E-state index < -0.39 is 10.0 Å². The zero-order valence-corrected chi connectivity index (χ0v) is 12.6. The predicted molar refractivity (Wildman–Crippen MR) is 76.4 cm³/mol. The monoisotopic (exact) mass is 285 g/mol. The normalized spacial score (nSPS) is 15.2. The van der Waals surface area contributed by atoms with Crippen LogP contribution in [0.25, 0.3) is 0 Å². The Morgan fingerprint density at radius 2 is 1.84 bits per heavy atom. The number of rotatable bonds is 7. The van der Waals surface area contributed by atoms with Crippen LogP contribution in [-0.4, -0.2) is 26.2 Å². The second kappa shape index (κ2) is 7.03. The quantitative estimate of drug-likeness (QED) is 0.806. The van der Waals surface area contributed by atoms with E-state index in [1.54, 1.807) is 24.3 Å². The number of hydrogen-bond donors (Lipinski definition) is 2. The van der Waals surface area contributed by atoms with E-state index in [9.17, 15) is 8.42 Å². The minimum absolute atomic E-state index is 0.0733. The summed E-state index contributed by atoms with van der Waals surface area (Å²) < 4.78 is 27.2. The van der Waals surface area contributed by atoms with Crippen molar-refractivity contribution in [3.05, 3.63) is 29.8 Å². The summed E-state index contributed by atoms with van der Waals surface area (Å²) >= 11 is 0. The van der Waals surface area contributed by atoms with Gasteiger partial charge in [0.25, 0.3) is 0 Å². The van der Waals surface area contributed by atoms with Gasteiger partial charge in [-0.05, 0) is 37.8 Å². The van der Waals surface area contributed by atoms with Gasteiger partial charge in [0.05, 0.1) is 4.90 Å². The summed E-state index contributed by atoms with van der Waals surface area (Å²) in [5.41, 5.74) is 1.03. The van der Waals surface area contributed by atoms with Crippen molar-refractivity contribution in [1.82, 2.24) is 4.72 Å². The molecule has 1 aromatic rings. The van der Waals surface area contributed by atoms with Crippen molar-refractivity contribution in [2.24, 2.45) is 5.92 Å². The maximum atomic E-state index is 12.2. The van der Waals surface area contributed by atoms with E-state index in [2.05, 4.69) is 4.72 Å². The molecule has 0 aliphatic rings. The highest BCUT2D eigenvalue weighted by molar-refractivity contribution is 7.89. The standard InChI is InChI=1S/C14H23NO3S/c1-4-14(12(3)9-10-16)15-19(17,18)13-7-5-11(2)6-8-13/h5-8,12,14-16H,4,9-10H2,1-3H3. The Bertz CT molecular complexity index is 482. The molecule has 0 saturated heterocycles. The maximum Gasteiger partial charge on any atom is 0.240 e. The Balaban J connectivity index is 2.85. The van der Waals surface area contributed by atoms with Crippen LogP contribution in [0.15, 0.2) is 29.2 Å². The van der Waals surface area contributed by atoms with Crippen molar-refractivity contribution in [2.45, 2.75) is 44.6 Å². The SMILES string of the molecule is CCC(NS(=O)(=O)c1ccc(C)cc1)C(C)CCO. The van der Waals surface area contributed by atoms with Gasteiger partial charge in [-0.3, -0.25) is 0 Å². The number of aliphatic hydroxyl groups is 1. The lowest BCUT2D eigenvalue weighted by atomic mass is 9.98.